The van der Waals surface area contributed by atoms with Gasteiger partial charge in [-0.3, -0.25) is 4.79 Å². The van der Waals surface area contributed by atoms with Crippen LogP contribution < -0.4 is 15.8 Å². The van der Waals surface area contributed by atoms with Crippen molar-refractivity contribution in [2.45, 2.75) is 25.3 Å². The summed E-state index contributed by atoms with van der Waals surface area (Å²) in [6, 6.07) is 3.60. The van der Waals surface area contributed by atoms with Crippen molar-refractivity contribution in [3.63, 3.8) is 0 Å². The molecule has 0 spiro atoms. The number of anilines is 1. The van der Waals surface area contributed by atoms with Crippen LogP contribution in [0.4, 0.5) is 5.69 Å². The second-order valence-electron chi connectivity index (χ2n) is 4.66. The van der Waals surface area contributed by atoms with Crippen LogP contribution in [0.2, 0.25) is 0 Å². The number of rotatable bonds is 3. The van der Waals surface area contributed by atoms with Crippen molar-refractivity contribution in [2.75, 3.05) is 12.4 Å². The van der Waals surface area contributed by atoms with E-state index in [1.165, 1.54) is 0 Å². The summed E-state index contributed by atoms with van der Waals surface area (Å²) in [7, 11) is 1.59. The van der Waals surface area contributed by atoms with E-state index < -0.39 is 0 Å². The summed E-state index contributed by atoms with van der Waals surface area (Å²) < 4.78 is 6.86. The Bertz CT molecular complexity index is 494. The molecule has 19 heavy (non-hydrogen) atoms. The Morgan fingerprint density at radius 3 is 2.68 bits per heavy atom. The maximum absolute atomic E-state index is 12.2. The molecule has 1 aromatic carbocycles. The molecule has 2 atom stereocenters. The maximum Gasteiger partial charge on any atom is 0.229 e. The molecule has 3 N–H and O–H groups in total. The van der Waals surface area contributed by atoms with E-state index in [1.807, 2.05) is 6.07 Å². The first-order valence-electron chi connectivity index (χ1n) is 6.12. The molecule has 0 bridgehead atoms. The molecular weight excluding hydrogens is 376 g/mol. The highest BCUT2D eigenvalue weighted by Crippen LogP contribution is 2.35. The van der Waals surface area contributed by atoms with E-state index in [9.17, 15) is 4.79 Å². The van der Waals surface area contributed by atoms with E-state index in [2.05, 4.69) is 37.2 Å². The molecule has 1 fully saturated rings. The van der Waals surface area contributed by atoms with E-state index in [1.54, 1.807) is 13.2 Å². The largest absolute Gasteiger partial charge is 0.495 e. The van der Waals surface area contributed by atoms with Gasteiger partial charge >= 0.3 is 0 Å². The summed E-state index contributed by atoms with van der Waals surface area (Å²) >= 11 is 6.83. The summed E-state index contributed by atoms with van der Waals surface area (Å²) in [6.07, 6.45) is 2.80. The van der Waals surface area contributed by atoms with Gasteiger partial charge in [0.1, 0.15) is 5.75 Å². The smallest absolute Gasteiger partial charge is 0.229 e. The third kappa shape index (κ3) is 3.30. The van der Waals surface area contributed by atoms with E-state index in [0.29, 0.717) is 11.4 Å². The van der Waals surface area contributed by atoms with Gasteiger partial charge in [0.2, 0.25) is 5.91 Å². The minimum absolute atomic E-state index is 0.0184. The van der Waals surface area contributed by atoms with Crippen LogP contribution in [-0.2, 0) is 4.79 Å². The first-order valence-corrected chi connectivity index (χ1v) is 7.71. The molecule has 104 valence electrons. The van der Waals surface area contributed by atoms with Crippen molar-refractivity contribution < 1.29 is 9.53 Å². The minimum atomic E-state index is -0.0958. The predicted molar refractivity (Wildman–Crippen MR) is 82.3 cm³/mol. The van der Waals surface area contributed by atoms with Crippen LogP contribution in [0, 0.1) is 5.92 Å². The Labute approximate surface area is 129 Å². The fourth-order valence-corrected chi connectivity index (χ4v) is 3.58. The van der Waals surface area contributed by atoms with E-state index in [4.69, 9.17) is 10.5 Å². The zero-order valence-corrected chi connectivity index (χ0v) is 13.8. The Balaban J connectivity index is 2.16. The van der Waals surface area contributed by atoms with Crippen molar-refractivity contribution in [1.82, 2.24) is 0 Å². The van der Waals surface area contributed by atoms with Gasteiger partial charge in [0.05, 0.1) is 23.2 Å². The lowest BCUT2D eigenvalue weighted by Crippen LogP contribution is -2.34. The summed E-state index contributed by atoms with van der Waals surface area (Å²) in [5, 5.41) is 2.92. The number of halogens is 2. The Morgan fingerprint density at radius 2 is 2.11 bits per heavy atom. The normalized spacial score (nSPS) is 22.3. The van der Waals surface area contributed by atoms with Crippen LogP contribution in [0.15, 0.2) is 21.1 Å². The van der Waals surface area contributed by atoms with Crippen molar-refractivity contribution in [3.8, 4) is 5.75 Å². The molecule has 6 heteroatoms. The van der Waals surface area contributed by atoms with Crippen LogP contribution in [0.3, 0.4) is 0 Å². The van der Waals surface area contributed by atoms with E-state index in [-0.39, 0.29) is 17.9 Å². The molecule has 1 aromatic rings. The Kier molecular flexibility index (Phi) is 4.86. The van der Waals surface area contributed by atoms with Crippen LogP contribution in [0.5, 0.6) is 5.75 Å². The predicted octanol–water partition coefficient (Wildman–Crippen LogP) is 3.29. The number of hydrogen-bond acceptors (Lipinski definition) is 3. The number of carbonyl (C=O) groups excluding carboxylic acids is 1. The zero-order valence-electron chi connectivity index (χ0n) is 10.6. The number of nitrogens with one attached hydrogen (secondary N) is 1. The van der Waals surface area contributed by atoms with Gasteiger partial charge in [0.15, 0.2) is 0 Å². The van der Waals surface area contributed by atoms with E-state index in [0.717, 1.165) is 28.2 Å². The van der Waals surface area contributed by atoms with Crippen molar-refractivity contribution in [1.29, 1.82) is 0 Å². The number of benzene rings is 1. The number of nitrogens with two attached hydrogens (primary N) is 1. The molecule has 2 unspecified atom stereocenters. The first kappa shape index (κ1) is 14.8. The summed E-state index contributed by atoms with van der Waals surface area (Å²) in [6.45, 7) is 0. The average Bonchev–Trinajstić information content (AvgIpc) is 2.79. The van der Waals surface area contributed by atoms with Gasteiger partial charge in [-0.1, -0.05) is 6.42 Å². The van der Waals surface area contributed by atoms with Gasteiger partial charge in [0, 0.05) is 16.6 Å². The van der Waals surface area contributed by atoms with Crippen LogP contribution in [-0.4, -0.2) is 19.1 Å². The minimum Gasteiger partial charge on any atom is -0.495 e. The Hall–Kier alpha value is -0.590. The highest BCUT2D eigenvalue weighted by molar-refractivity contribution is 9.11. The number of ether oxygens (including phenoxy) is 1. The molecule has 0 aromatic heterocycles. The lowest BCUT2D eigenvalue weighted by atomic mass is 10.0. The molecule has 4 nitrogen and oxygen atoms in total. The Morgan fingerprint density at radius 1 is 1.37 bits per heavy atom. The van der Waals surface area contributed by atoms with Gasteiger partial charge in [0.25, 0.3) is 0 Å². The molecule has 0 saturated heterocycles. The summed E-state index contributed by atoms with van der Waals surface area (Å²) in [4.78, 5) is 12.2. The number of hydrogen-bond donors (Lipinski definition) is 2. The SMILES string of the molecule is COc1cc(NC(=O)C2CCCC2N)c(Br)cc1Br. The molecule has 1 aliphatic carbocycles. The molecule has 0 heterocycles. The lowest BCUT2D eigenvalue weighted by molar-refractivity contribution is -0.120. The molecule has 0 aliphatic heterocycles. The van der Waals surface area contributed by atoms with Gasteiger partial charge in [-0.05, 0) is 50.8 Å². The fourth-order valence-electron chi connectivity index (χ4n) is 2.32. The molecule has 1 amide bonds. The number of methoxy groups -OCH3 is 1. The standard InChI is InChI=1S/C13H16Br2N2O2/c1-19-12-6-11(8(14)5-9(12)15)17-13(18)7-3-2-4-10(7)16/h5-7,10H,2-4,16H2,1H3,(H,17,18). The third-order valence-corrected chi connectivity index (χ3v) is 4.68. The van der Waals surface area contributed by atoms with Crippen molar-refractivity contribution in [3.05, 3.63) is 21.1 Å². The van der Waals surface area contributed by atoms with Crippen molar-refractivity contribution >= 4 is 43.5 Å². The van der Waals surface area contributed by atoms with Gasteiger partial charge in [-0.2, -0.15) is 0 Å². The van der Waals surface area contributed by atoms with Crippen molar-refractivity contribution in [2.24, 2.45) is 11.7 Å². The summed E-state index contributed by atoms with van der Waals surface area (Å²) in [5.74, 6) is 0.561. The third-order valence-electron chi connectivity index (χ3n) is 3.41. The quantitative estimate of drug-likeness (QED) is 0.830. The van der Waals surface area contributed by atoms with Gasteiger partial charge in [-0.25, -0.2) is 0 Å². The zero-order chi connectivity index (χ0) is 14.0. The van der Waals surface area contributed by atoms with Gasteiger partial charge in [-0.15, -0.1) is 0 Å². The molecule has 1 aliphatic rings. The van der Waals surface area contributed by atoms with Crippen LogP contribution in [0.1, 0.15) is 19.3 Å². The monoisotopic (exact) mass is 390 g/mol. The van der Waals surface area contributed by atoms with E-state index >= 15 is 0 Å². The molecular formula is C13H16Br2N2O2. The second-order valence-corrected chi connectivity index (χ2v) is 6.37. The van der Waals surface area contributed by atoms with Crippen LogP contribution >= 0.6 is 31.9 Å². The second kappa shape index (κ2) is 6.24. The van der Waals surface area contributed by atoms with Gasteiger partial charge < -0.3 is 15.8 Å². The summed E-state index contributed by atoms with van der Waals surface area (Å²) in [5.41, 5.74) is 6.65. The fraction of sp³-hybridized carbons (Fsp3) is 0.462. The molecule has 2 rings (SSSR count). The average molecular weight is 392 g/mol. The molecule has 0 radical (unpaired) electrons. The van der Waals surface area contributed by atoms with Crippen LogP contribution in [0.25, 0.3) is 0 Å². The maximum atomic E-state index is 12.2. The highest BCUT2D eigenvalue weighted by atomic mass is 79.9. The molecule has 1 saturated carbocycles. The number of amides is 1. The number of carbonyl (C=O) groups is 1. The lowest BCUT2D eigenvalue weighted by Gasteiger charge is -2.16. The highest BCUT2D eigenvalue weighted by Gasteiger charge is 2.30. The topological polar surface area (TPSA) is 64.3 Å². The first-order chi connectivity index (χ1) is 9.02.